The van der Waals surface area contributed by atoms with Crippen molar-refractivity contribution in [2.45, 2.75) is 36.8 Å². The van der Waals surface area contributed by atoms with E-state index < -0.39 is 5.54 Å². The molecule has 0 fully saturated rings. The highest BCUT2D eigenvalue weighted by Crippen LogP contribution is 2.43. The SMILES string of the molecule is COc1ccc2c(c1)CC[C@@H](N)[C@H]2Cc1cncn1C(c1ccccc1)(c1ccccc1)c1ccccc1. The van der Waals surface area contributed by atoms with Gasteiger partial charge < -0.3 is 15.0 Å². The number of imidazole rings is 1. The number of nitrogens with zero attached hydrogens (tertiary/aromatic N) is 2. The topological polar surface area (TPSA) is 53.1 Å². The molecule has 1 heterocycles. The summed E-state index contributed by atoms with van der Waals surface area (Å²) in [7, 11) is 1.72. The quantitative estimate of drug-likeness (QED) is 0.266. The van der Waals surface area contributed by atoms with E-state index in [2.05, 4.69) is 114 Å². The fourth-order valence-corrected chi connectivity index (χ4v) is 6.26. The van der Waals surface area contributed by atoms with Crippen LogP contribution in [-0.2, 0) is 18.4 Å². The van der Waals surface area contributed by atoms with Crippen LogP contribution in [0.3, 0.4) is 0 Å². The lowest BCUT2D eigenvalue weighted by Gasteiger charge is -2.39. The van der Waals surface area contributed by atoms with Gasteiger partial charge in [-0.05, 0) is 59.2 Å². The molecule has 4 nitrogen and oxygen atoms in total. The highest BCUT2D eigenvalue weighted by atomic mass is 16.5. The number of aromatic nitrogens is 2. The van der Waals surface area contributed by atoms with Crippen molar-refractivity contribution in [3.05, 3.63) is 155 Å². The van der Waals surface area contributed by atoms with Crippen molar-refractivity contribution in [1.29, 1.82) is 0 Å². The van der Waals surface area contributed by atoms with Crippen LogP contribution >= 0.6 is 0 Å². The van der Waals surface area contributed by atoms with Crippen molar-refractivity contribution < 1.29 is 4.74 Å². The first-order chi connectivity index (χ1) is 18.7. The molecule has 1 aromatic heterocycles. The Balaban J connectivity index is 1.54. The molecule has 0 saturated heterocycles. The first-order valence-electron chi connectivity index (χ1n) is 13.3. The van der Waals surface area contributed by atoms with Gasteiger partial charge in [0.05, 0.1) is 13.4 Å². The Bertz CT molecular complexity index is 1400. The molecular formula is C34H33N3O. The summed E-state index contributed by atoms with van der Waals surface area (Å²) < 4.78 is 7.89. The van der Waals surface area contributed by atoms with Gasteiger partial charge in [0.25, 0.3) is 0 Å². The molecule has 0 saturated carbocycles. The lowest BCUT2D eigenvalue weighted by atomic mass is 9.75. The van der Waals surface area contributed by atoms with Gasteiger partial charge in [-0.25, -0.2) is 4.98 Å². The Morgan fingerprint density at radius 1 is 0.842 bits per heavy atom. The largest absolute Gasteiger partial charge is 0.497 e. The summed E-state index contributed by atoms with van der Waals surface area (Å²) in [6.07, 6.45) is 6.75. The number of fused-ring (bicyclic) bond motifs is 1. The molecule has 1 aliphatic carbocycles. The lowest BCUT2D eigenvalue weighted by Crippen LogP contribution is -2.40. The van der Waals surface area contributed by atoms with E-state index in [4.69, 9.17) is 15.5 Å². The lowest BCUT2D eigenvalue weighted by molar-refractivity contribution is 0.409. The first kappa shape index (κ1) is 24.2. The van der Waals surface area contributed by atoms with Crippen LogP contribution in [0.25, 0.3) is 0 Å². The molecule has 0 unspecified atom stereocenters. The number of methoxy groups -OCH3 is 1. The summed E-state index contributed by atoms with van der Waals surface area (Å²) in [4.78, 5) is 4.74. The zero-order valence-electron chi connectivity index (χ0n) is 21.7. The van der Waals surface area contributed by atoms with Crippen molar-refractivity contribution in [1.82, 2.24) is 9.55 Å². The van der Waals surface area contributed by atoms with Gasteiger partial charge in [0, 0.05) is 23.9 Å². The third-order valence-electron chi connectivity index (χ3n) is 8.09. The number of rotatable bonds is 7. The Labute approximate surface area is 224 Å². The number of nitrogens with two attached hydrogens (primary N) is 1. The minimum absolute atomic E-state index is 0.0822. The van der Waals surface area contributed by atoms with Crippen molar-refractivity contribution in [2.24, 2.45) is 5.73 Å². The minimum Gasteiger partial charge on any atom is -0.497 e. The molecule has 2 N–H and O–H groups in total. The monoisotopic (exact) mass is 499 g/mol. The predicted octanol–water partition coefficient (Wildman–Crippen LogP) is 6.33. The standard InChI is InChI=1S/C34H33N3O/c1-38-30-18-19-31-25(21-30)17-20-33(35)32(31)22-29-23-36-24-37(29)34(26-11-5-2-6-12-26,27-13-7-3-8-14-27)28-15-9-4-10-16-28/h2-16,18-19,21,23-24,32-33H,17,20,22,35H2,1H3/t32-,33+/m0/s1. The maximum Gasteiger partial charge on any atom is 0.121 e. The fourth-order valence-electron chi connectivity index (χ4n) is 6.26. The van der Waals surface area contributed by atoms with Gasteiger partial charge in [-0.2, -0.15) is 0 Å². The van der Waals surface area contributed by atoms with E-state index in [-0.39, 0.29) is 12.0 Å². The zero-order chi connectivity index (χ0) is 26.0. The second kappa shape index (κ2) is 10.3. The summed E-state index contributed by atoms with van der Waals surface area (Å²) in [5.41, 5.74) is 13.6. The third-order valence-corrected chi connectivity index (χ3v) is 8.09. The highest BCUT2D eigenvalue weighted by Gasteiger charge is 2.40. The molecular weight excluding hydrogens is 466 g/mol. The number of benzene rings is 4. The van der Waals surface area contributed by atoms with Crippen LogP contribution in [0.2, 0.25) is 0 Å². The number of ether oxygens (including phenoxy) is 1. The number of hydrogen-bond acceptors (Lipinski definition) is 3. The van der Waals surface area contributed by atoms with Crippen LogP contribution in [-0.4, -0.2) is 22.7 Å². The van der Waals surface area contributed by atoms with Gasteiger partial charge in [-0.1, -0.05) is 97.1 Å². The molecule has 2 atom stereocenters. The summed E-state index contributed by atoms with van der Waals surface area (Å²) in [5, 5.41) is 0. The van der Waals surface area contributed by atoms with Crippen LogP contribution in [0, 0.1) is 0 Å². The average molecular weight is 500 g/mol. The highest BCUT2D eigenvalue weighted by molar-refractivity contribution is 5.51. The summed E-state index contributed by atoms with van der Waals surface area (Å²) in [6, 6.07) is 38.8. The smallest absolute Gasteiger partial charge is 0.121 e. The van der Waals surface area contributed by atoms with Gasteiger partial charge >= 0.3 is 0 Å². The Kier molecular flexibility index (Phi) is 6.57. The molecule has 4 aromatic carbocycles. The number of hydrogen-bond donors (Lipinski definition) is 1. The molecule has 1 aliphatic rings. The molecule has 0 radical (unpaired) electrons. The van der Waals surface area contributed by atoms with Crippen molar-refractivity contribution >= 4 is 0 Å². The van der Waals surface area contributed by atoms with Crippen LogP contribution in [0.1, 0.15) is 45.8 Å². The summed E-state index contributed by atoms with van der Waals surface area (Å²) >= 11 is 0. The van der Waals surface area contributed by atoms with Crippen molar-refractivity contribution in [2.75, 3.05) is 7.11 Å². The van der Waals surface area contributed by atoms with Gasteiger partial charge in [-0.15, -0.1) is 0 Å². The van der Waals surface area contributed by atoms with Crippen molar-refractivity contribution in [3.63, 3.8) is 0 Å². The molecule has 190 valence electrons. The van der Waals surface area contributed by atoms with Crippen LogP contribution in [0.15, 0.2) is 122 Å². The molecule has 0 bridgehead atoms. The average Bonchev–Trinajstić information content (AvgIpc) is 3.45. The normalized spacial score (nSPS) is 17.1. The van der Waals surface area contributed by atoms with Gasteiger partial charge in [0.1, 0.15) is 11.3 Å². The Morgan fingerprint density at radius 2 is 1.42 bits per heavy atom. The molecule has 38 heavy (non-hydrogen) atoms. The Morgan fingerprint density at radius 3 is 1.97 bits per heavy atom. The number of aryl methyl sites for hydroxylation is 1. The van der Waals surface area contributed by atoms with Gasteiger partial charge in [0.15, 0.2) is 0 Å². The van der Waals surface area contributed by atoms with Crippen LogP contribution in [0.5, 0.6) is 5.75 Å². The van der Waals surface area contributed by atoms with Gasteiger partial charge in [-0.3, -0.25) is 0 Å². The van der Waals surface area contributed by atoms with Gasteiger partial charge in [0.2, 0.25) is 0 Å². The molecule has 0 amide bonds. The second-order valence-corrected chi connectivity index (χ2v) is 10.1. The van der Waals surface area contributed by atoms with E-state index in [1.807, 2.05) is 12.5 Å². The second-order valence-electron chi connectivity index (χ2n) is 10.1. The zero-order valence-corrected chi connectivity index (χ0v) is 21.7. The van der Waals surface area contributed by atoms with E-state index in [1.165, 1.54) is 27.8 Å². The maximum absolute atomic E-state index is 6.81. The molecule has 0 spiro atoms. The molecule has 4 heteroatoms. The third kappa shape index (κ3) is 4.11. The summed E-state index contributed by atoms with van der Waals surface area (Å²) in [6.45, 7) is 0. The minimum atomic E-state index is -0.586. The molecule has 0 aliphatic heterocycles. The van der Waals surface area contributed by atoms with Crippen molar-refractivity contribution in [3.8, 4) is 5.75 Å². The Hall–Kier alpha value is -4.15. The maximum atomic E-state index is 6.81. The fraction of sp³-hybridized carbons (Fsp3) is 0.206. The molecule has 5 aromatic rings. The van der Waals surface area contributed by atoms with E-state index in [0.29, 0.717) is 0 Å². The van der Waals surface area contributed by atoms with Crippen LogP contribution < -0.4 is 10.5 Å². The molecule has 6 rings (SSSR count). The van der Waals surface area contributed by atoms with E-state index in [0.717, 1.165) is 30.7 Å². The van der Waals surface area contributed by atoms with E-state index in [1.54, 1.807) is 7.11 Å². The first-order valence-corrected chi connectivity index (χ1v) is 13.3. The van der Waals surface area contributed by atoms with E-state index in [9.17, 15) is 0 Å². The summed E-state index contributed by atoms with van der Waals surface area (Å²) in [5.74, 6) is 1.10. The predicted molar refractivity (Wildman–Crippen MR) is 153 cm³/mol. The van der Waals surface area contributed by atoms with Crippen LogP contribution in [0.4, 0.5) is 0 Å². The van der Waals surface area contributed by atoms with E-state index >= 15 is 0 Å².